The van der Waals surface area contributed by atoms with Crippen molar-refractivity contribution < 1.29 is 9.53 Å². The standard InChI is InChI=1S/C21H19N5O2/c1-15(24-21(27)28-14-16-7-3-2-4-8-16)19-20(17-9-5-6-10-23-17)26-12-11-22-13-18(26)25-19/h2-13,15H,14H2,1H3,(H,24,27)/t15-/m0/s1. The molecule has 1 atom stereocenters. The fourth-order valence-corrected chi connectivity index (χ4v) is 2.99. The van der Waals surface area contributed by atoms with Crippen molar-refractivity contribution in [2.45, 2.75) is 19.6 Å². The number of nitrogens with one attached hydrogen (secondary N) is 1. The summed E-state index contributed by atoms with van der Waals surface area (Å²) in [6.07, 6.45) is 6.42. The van der Waals surface area contributed by atoms with E-state index in [1.54, 1.807) is 18.6 Å². The Morgan fingerprint density at radius 1 is 1.14 bits per heavy atom. The van der Waals surface area contributed by atoms with Crippen LogP contribution in [0.25, 0.3) is 17.0 Å². The second kappa shape index (κ2) is 7.87. The molecule has 0 bridgehead atoms. The van der Waals surface area contributed by atoms with Crippen LogP contribution >= 0.6 is 0 Å². The van der Waals surface area contributed by atoms with E-state index in [9.17, 15) is 4.79 Å². The molecule has 28 heavy (non-hydrogen) atoms. The third-order valence-corrected chi connectivity index (χ3v) is 4.32. The summed E-state index contributed by atoms with van der Waals surface area (Å²) in [5.41, 5.74) is 3.89. The summed E-state index contributed by atoms with van der Waals surface area (Å²) >= 11 is 0. The molecular formula is C21H19N5O2. The second-order valence-electron chi connectivity index (χ2n) is 6.29. The number of aromatic nitrogens is 4. The number of imidazole rings is 1. The molecule has 4 rings (SSSR count). The maximum Gasteiger partial charge on any atom is 0.407 e. The first kappa shape index (κ1) is 17.7. The second-order valence-corrected chi connectivity index (χ2v) is 6.29. The van der Waals surface area contributed by atoms with Gasteiger partial charge in [-0.3, -0.25) is 14.4 Å². The third kappa shape index (κ3) is 3.68. The fourth-order valence-electron chi connectivity index (χ4n) is 2.99. The minimum atomic E-state index is -0.501. The van der Waals surface area contributed by atoms with Gasteiger partial charge in [0.1, 0.15) is 6.61 Å². The highest BCUT2D eigenvalue weighted by atomic mass is 16.5. The van der Waals surface area contributed by atoms with E-state index < -0.39 is 6.09 Å². The molecule has 7 heteroatoms. The summed E-state index contributed by atoms with van der Waals surface area (Å²) in [4.78, 5) is 25.5. The van der Waals surface area contributed by atoms with Crippen molar-refractivity contribution in [1.29, 1.82) is 0 Å². The number of benzene rings is 1. The van der Waals surface area contributed by atoms with Gasteiger partial charge < -0.3 is 10.1 Å². The van der Waals surface area contributed by atoms with Crippen LogP contribution in [0.1, 0.15) is 24.2 Å². The van der Waals surface area contributed by atoms with Gasteiger partial charge in [-0.2, -0.15) is 0 Å². The third-order valence-electron chi connectivity index (χ3n) is 4.32. The highest BCUT2D eigenvalue weighted by Gasteiger charge is 2.22. The Morgan fingerprint density at radius 2 is 1.96 bits per heavy atom. The van der Waals surface area contributed by atoms with E-state index >= 15 is 0 Å². The van der Waals surface area contributed by atoms with Gasteiger partial charge in [0.05, 0.1) is 29.3 Å². The van der Waals surface area contributed by atoms with Crippen LogP contribution in [0, 0.1) is 0 Å². The van der Waals surface area contributed by atoms with Gasteiger partial charge in [0, 0.05) is 18.6 Å². The zero-order valence-electron chi connectivity index (χ0n) is 15.3. The molecule has 0 unspecified atom stereocenters. The summed E-state index contributed by atoms with van der Waals surface area (Å²) in [6.45, 7) is 2.08. The van der Waals surface area contributed by atoms with E-state index in [1.165, 1.54) is 0 Å². The first-order valence-corrected chi connectivity index (χ1v) is 8.93. The van der Waals surface area contributed by atoms with Gasteiger partial charge >= 0.3 is 6.09 Å². The number of nitrogens with zero attached hydrogens (tertiary/aromatic N) is 4. The predicted octanol–water partition coefficient (Wildman–Crippen LogP) is 3.78. The number of ether oxygens (including phenoxy) is 1. The average Bonchev–Trinajstić information content (AvgIpc) is 3.13. The maximum atomic E-state index is 12.3. The molecule has 1 aromatic carbocycles. The summed E-state index contributed by atoms with van der Waals surface area (Å²) in [5.74, 6) is 0. The van der Waals surface area contributed by atoms with Crippen LogP contribution in [-0.2, 0) is 11.3 Å². The van der Waals surface area contributed by atoms with E-state index in [4.69, 9.17) is 4.74 Å². The fraction of sp³-hybridized carbons (Fsp3) is 0.143. The van der Waals surface area contributed by atoms with Gasteiger partial charge in [-0.15, -0.1) is 0 Å². The highest BCUT2D eigenvalue weighted by molar-refractivity contribution is 5.70. The van der Waals surface area contributed by atoms with Crippen molar-refractivity contribution in [3.05, 3.63) is 84.6 Å². The van der Waals surface area contributed by atoms with Crippen LogP contribution in [-0.4, -0.2) is 25.4 Å². The highest BCUT2D eigenvalue weighted by Crippen LogP contribution is 2.27. The Labute approximate surface area is 162 Å². The Hall–Kier alpha value is -3.74. The topological polar surface area (TPSA) is 81.4 Å². The Morgan fingerprint density at radius 3 is 2.75 bits per heavy atom. The number of hydrogen-bond donors (Lipinski definition) is 1. The first-order valence-electron chi connectivity index (χ1n) is 8.93. The lowest BCUT2D eigenvalue weighted by Gasteiger charge is -2.14. The minimum absolute atomic E-state index is 0.210. The van der Waals surface area contributed by atoms with E-state index in [1.807, 2.05) is 66.1 Å². The normalized spacial score (nSPS) is 11.9. The van der Waals surface area contributed by atoms with Gasteiger partial charge in [0.15, 0.2) is 5.65 Å². The lowest BCUT2D eigenvalue weighted by Crippen LogP contribution is -2.27. The van der Waals surface area contributed by atoms with Crippen molar-refractivity contribution in [2.24, 2.45) is 0 Å². The van der Waals surface area contributed by atoms with E-state index in [2.05, 4.69) is 20.3 Å². The molecule has 140 valence electrons. The number of pyridine rings is 1. The molecule has 1 amide bonds. The molecule has 0 saturated heterocycles. The maximum absolute atomic E-state index is 12.3. The quantitative estimate of drug-likeness (QED) is 0.576. The molecule has 0 aliphatic carbocycles. The van der Waals surface area contributed by atoms with Crippen LogP contribution in [0.2, 0.25) is 0 Å². The van der Waals surface area contributed by atoms with Gasteiger partial charge in [-0.1, -0.05) is 36.4 Å². The summed E-state index contributed by atoms with van der Waals surface area (Å²) in [6, 6.07) is 14.9. The molecule has 7 nitrogen and oxygen atoms in total. The van der Waals surface area contributed by atoms with Crippen molar-refractivity contribution in [3.63, 3.8) is 0 Å². The molecule has 0 fully saturated rings. The lowest BCUT2D eigenvalue weighted by molar-refractivity contribution is 0.136. The average molecular weight is 373 g/mol. The molecule has 1 N–H and O–H groups in total. The molecule has 3 heterocycles. The summed E-state index contributed by atoms with van der Waals surface area (Å²) in [5, 5.41) is 2.85. The molecule has 4 aromatic rings. The number of rotatable bonds is 5. The molecule has 0 radical (unpaired) electrons. The summed E-state index contributed by atoms with van der Waals surface area (Å²) < 4.78 is 7.24. The number of hydrogen-bond acceptors (Lipinski definition) is 5. The Kier molecular flexibility index (Phi) is 4.97. The van der Waals surface area contributed by atoms with Gasteiger partial charge in [-0.05, 0) is 24.6 Å². The molecule has 0 aliphatic heterocycles. The zero-order valence-corrected chi connectivity index (χ0v) is 15.3. The molecule has 0 spiro atoms. The number of carbonyl (C=O) groups is 1. The smallest absolute Gasteiger partial charge is 0.407 e. The number of amides is 1. The van der Waals surface area contributed by atoms with Crippen LogP contribution in [0.4, 0.5) is 4.79 Å². The van der Waals surface area contributed by atoms with Crippen LogP contribution < -0.4 is 5.32 Å². The first-order chi connectivity index (χ1) is 13.7. The van der Waals surface area contributed by atoms with Gasteiger partial charge in [0.2, 0.25) is 0 Å². The monoisotopic (exact) mass is 373 g/mol. The largest absolute Gasteiger partial charge is 0.445 e. The van der Waals surface area contributed by atoms with E-state index in [-0.39, 0.29) is 12.6 Å². The van der Waals surface area contributed by atoms with E-state index in [0.29, 0.717) is 11.3 Å². The van der Waals surface area contributed by atoms with Crippen LogP contribution in [0.15, 0.2) is 73.3 Å². The summed E-state index contributed by atoms with van der Waals surface area (Å²) in [7, 11) is 0. The minimum Gasteiger partial charge on any atom is -0.445 e. The molecule has 3 aromatic heterocycles. The van der Waals surface area contributed by atoms with Crippen molar-refractivity contribution in [2.75, 3.05) is 0 Å². The molecule has 0 saturated carbocycles. The lowest BCUT2D eigenvalue weighted by atomic mass is 10.1. The molecule has 0 aliphatic rings. The van der Waals surface area contributed by atoms with E-state index in [0.717, 1.165) is 17.0 Å². The molecular weight excluding hydrogens is 354 g/mol. The Balaban J connectivity index is 1.57. The van der Waals surface area contributed by atoms with Crippen molar-refractivity contribution in [3.8, 4) is 11.4 Å². The van der Waals surface area contributed by atoms with Gasteiger partial charge in [-0.25, -0.2) is 9.78 Å². The SMILES string of the molecule is C[C@H](NC(=O)OCc1ccccc1)c1nc2cnccn2c1-c1ccccn1. The zero-order chi connectivity index (χ0) is 19.3. The van der Waals surface area contributed by atoms with Crippen LogP contribution in [0.3, 0.4) is 0 Å². The number of fused-ring (bicyclic) bond motifs is 1. The number of carbonyl (C=O) groups excluding carboxylic acids is 1. The van der Waals surface area contributed by atoms with Crippen molar-refractivity contribution in [1.82, 2.24) is 24.7 Å². The van der Waals surface area contributed by atoms with Crippen LogP contribution in [0.5, 0.6) is 0 Å². The Bertz CT molecular complexity index is 1080. The van der Waals surface area contributed by atoms with Crippen molar-refractivity contribution >= 4 is 11.7 Å². The number of alkyl carbamates (subject to hydrolysis) is 1. The predicted molar refractivity (Wildman–Crippen MR) is 104 cm³/mol. The van der Waals surface area contributed by atoms with Gasteiger partial charge in [0.25, 0.3) is 0 Å².